The van der Waals surface area contributed by atoms with E-state index in [0.29, 0.717) is 28.0 Å². The summed E-state index contributed by atoms with van der Waals surface area (Å²) >= 11 is 12.4. The van der Waals surface area contributed by atoms with E-state index in [2.05, 4.69) is 10.6 Å². The second-order valence-electron chi connectivity index (χ2n) is 9.60. The fourth-order valence-electron chi connectivity index (χ4n) is 4.86. The molecule has 2 atom stereocenters. The molecular formula is C28H30Cl2N2O3. The SMILES string of the molecule is COc1ccc(C2(CC(C)(C)C=O)NC(c3ccc(Cl)cc3)C(c3ccc(Cl)cc3)N2)c(OC)c1. The van der Waals surface area contributed by atoms with Gasteiger partial charge in [0, 0.05) is 27.1 Å². The summed E-state index contributed by atoms with van der Waals surface area (Å²) in [5, 5.41) is 9.06. The Balaban J connectivity index is 1.89. The molecule has 7 heteroatoms. The van der Waals surface area contributed by atoms with Crippen LogP contribution in [0.2, 0.25) is 10.0 Å². The first-order valence-corrected chi connectivity index (χ1v) is 12.2. The molecule has 0 bridgehead atoms. The summed E-state index contributed by atoms with van der Waals surface area (Å²) in [6, 6.07) is 21.2. The van der Waals surface area contributed by atoms with Crippen molar-refractivity contribution in [1.82, 2.24) is 10.6 Å². The molecule has 1 saturated heterocycles. The molecule has 0 radical (unpaired) electrons. The Hall–Kier alpha value is -2.57. The number of halogens is 2. The lowest BCUT2D eigenvalue weighted by Gasteiger charge is -2.37. The average Bonchev–Trinajstić information content (AvgIpc) is 3.24. The van der Waals surface area contributed by atoms with Crippen molar-refractivity contribution < 1.29 is 14.3 Å². The minimum Gasteiger partial charge on any atom is -0.497 e. The number of hydrogen-bond acceptors (Lipinski definition) is 5. The number of benzene rings is 3. The molecule has 4 rings (SSSR count). The number of nitrogens with one attached hydrogen (secondary N) is 2. The molecule has 2 N–H and O–H groups in total. The van der Waals surface area contributed by atoms with E-state index in [4.69, 9.17) is 32.7 Å². The maximum absolute atomic E-state index is 12.1. The van der Waals surface area contributed by atoms with Gasteiger partial charge in [0.15, 0.2) is 0 Å². The smallest absolute Gasteiger partial charge is 0.128 e. The molecule has 0 spiro atoms. The molecule has 1 aliphatic rings. The highest BCUT2D eigenvalue weighted by atomic mass is 35.5. The van der Waals surface area contributed by atoms with Gasteiger partial charge >= 0.3 is 0 Å². The largest absolute Gasteiger partial charge is 0.497 e. The van der Waals surface area contributed by atoms with Crippen LogP contribution in [0.15, 0.2) is 66.7 Å². The van der Waals surface area contributed by atoms with E-state index < -0.39 is 11.1 Å². The summed E-state index contributed by atoms with van der Waals surface area (Å²) in [5.74, 6) is 1.36. The van der Waals surface area contributed by atoms with Gasteiger partial charge < -0.3 is 14.3 Å². The molecule has 0 amide bonds. The molecule has 0 aliphatic carbocycles. The monoisotopic (exact) mass is 512 g/mol. The normalized spacial score (nSPS) is 22.1. The predicted molar refractivity (Wildman–Crippen MR) is 140 cm³/mol. The lowest BCUT2D eigenvalue weighted by Crippen LogP contribution is -2.50. The van der Waals surface area contributed by atoms with Gasteiger partial charge in [0.05, 0.1) is 26.3 Å². The van der Waals surface area contributed by atoms with E-state index in [1.807, 2.05) is 80.6 Å². The Labute approximate surface area is 216 Å². The maximum atomic E-state index is 12.1. The Morgan fingerprint density at radius 3 is 1.80 bits per heavy atom. The van der Waals surface area contributed by atoms with Crippen molar-refractivity contribution in [2.24, 2.45) is 5.41 Å². The van der Waals surface area contributed by atoms with Gasteiger partial charge in [-0.15, -0.1) is 0 Å². The highest BCUT2D eigenvalue weighted by Gasteiger charge is 2.50. The van der Waals surface area contributed by atoms with Crippen molar-refractivity contribution in [1.29, 1.82) is 0 Å². The predicted octanol–water partition coefficient (Wildman–Crippen LogP) is 6.45. The average molecular weight is 513 g/mol. The molecule has 0 saturated carbocycles. The number of ether oxygens (including phenoxy) is 2. The number of rotatable bonds is 8. The van der Waals surface area contributed by atoms with Crippen LogP contribution in [0.1, 0.15) is 49.0 Å². The van der Waals surface area contributed by atoms with Crippen LogP contribution in [0.3, 0.4) is 0 Å². The van der Waals surface area contributed by atoms with E-state index in [0.717, 1.165) is 23.0 Å². The molecular weight excluding hydrogens is 483 g/mol. The fraction of sp³-hybridized carbons (Fsp3) is 0.321. The minimum atomic E-state index is -0.781. The molecule has 1 heterocycles. The molecule has 3 aromatic rings. The zero-order chi connectivity index (χ0) is 25.2. The molecule has 1 fully saturated rings. The number of carbonyl (C=O) groups excluding carboxylic acids is 1. The van der Waals surface area contributed by atoms with Gasteiger partial charge in [-0.2, -0.15) is 0 Å². The number of aldehydes is 1. The molecule has 35 heavy (non-hydrogen) atoms. The van der Waals surface area contributed by atoms with Crippen LogP contribution in [0.25, 0.3) is 0 Å². The molecule has 0 aromatic heterocycles. The number of methoxy groups -OCH3 is 2. The van der Waals surface area contributed by atoms with Crippen molar-refractivity contribution >= 4 is 29.5 Å². The van der Waals surface area contributed by atoms with Crippen LogP contribution in [-0.4, -0.2) is 20.5 Å². The second kappa shape index (κ2) is 10.2. The zero-order valence-electron chi connectivity index (χ0n) is 20.3. The van der Waals surface area contributed by atoms with Crippen molar-refractivity contribution in [2.45, 2.75) is 38.0 Å². The number of carbonyl (C=O) groups is 1. The standard InChI is InChI=1S/C28H30Cl2N2O3/c1-27(2,17-33)16-28(23-14-13-22(34-3)15-24(23)35-4)31-25(18-5-9-20(29)10-6-18)26(32-28)19-7-11-21(30)12-8-19/h5-15,17,25-26,31-32H,16H2,1-4H3. The lowest BCUT2D eigenvalue weighted by molar-refractivity contribution is -0.116. The van der Waals surface area contributed by atoms with Crippen LogP contribution >= 0.6 is 23.2 Å². The van der Waals surface area contributed by atoms with Crippen LogP contribution in [0.5, 0.6) is 11.5 Å². The quantitative estimate of drug-likeness (QED) is 0.339. The highest BCUT2D eigenvalue weighted by Crippen LogP contribution is 2.48. The Morgan fingerprint density at radius 2 is 1.37 bits per heavy atom. The summed E-state index contributed by atoms with van der Waals surface area (Å²) in [6.07, 6.45) is 1.49. The van der Waals surface area contributed by atoms with Gasteiger partial charge in [-0.3, -0.25) is 10.6 Å². The van der Waals surface area contributed by atoms with Crippen molar-refractivity contribution in [2.75, 3.05) is 14.2 Å². The third-order valence-corrected chi connectivity index (χ3v) is 7.01. The third kappa shape index (κ3) is 5.34. The third-order valence-electron chi connectivity index (χ3n) is 6.50. The molecule has 5 nitrogen and oxygen atoms in total. The van der Waals surface area contributed by atoms with Crippen molar-refractivity contribution in [3.8, 4) is 11.5 Å². The Kier molecular flexibility index (Phi) is 7.43. The van der Waals surface area contributed by atoms with Gasteiger partial charge in [-0.05, 0) is 53.9 Å². The topological polar surface area (TPSA) is 59.6 Å². The van der Waals surface area contributed by atoms with Crippen LogP contribution in [0.4, 0.5) is 0 Å². The van der Waals surface area contributed by atoms with Gasteiger partial charge in [0.2, 0.25) is 0 Å². The molecule has 3 aromatic carbocycles. The number of hydrogen-bond donors (Lipinski definition) is 2. The fourth-order valence-corrected chi connectivity index (χ4v) is 5.11. The van der Waals surface area contributed by atoms with E-state index in [9.17, 15) is 4.79 Å². The van der Waals surface area contributed by atoms with Gasteiger partial charge in [0.25, 0.3) is 0 Å². The van der Waals surface area contributed by atoms with E-state index in [1.54, 1.807) is 14.2 Å². The van der Waals surface area contributed by atoms with E-state index in [-0.39, 0.29) is 12.1 Å². The first-order valence-electron chi connectivity index (χ1n) is 11.5. The zero-order valence-corrected chi connectivity index (χ0v) is 21.8. The van der Waals surface area contributed by atoms with E-state index >= 15 is 0 Å². The lowest BCUT2D eigenvalue weighted by atomic mass is 9.80. The molecule has 2 unspecified atom stereocenters. The minimum absolute atomic E-state index is 0.122. The van der Waals surface area contributed by atoms with Crippen molar-refractivity contribution in [3.05, 3.63) is 93.5 Å². The van der Waals surface area contributed by atoms with Crippen LogP contribution < -0.4 is 20.1 Å². The van der Waals surface area contributed by atoms with Crippen LogP contribution in [-0.2, 0) is 10.5 Å². The van der Waals surface area contributed by atoms with Crippen LogP contribution in [0, 0.1) is 5.41 Å². The molecule has 1 aliphatic heterocycles. The summed E-state index contributed by atoms with van der Waals surface area (Å²) < 4.78 is 11.2. The Morgan fingerprint density at radius 1 is 0.857 bits per heavy atom. The van der Waals surface area contributed by atoms with Gasteiger partial charge in [0.1, 0.15) is 23.4 Å². The maximum Gasteiger partial charge on any atom is 0.128 e. The first kappa shape index (κ1) is 25.5. The summed E-state index contributed by atoms with van der Waals surface area (Å²) in [5.41, 5.74) is 1.63. The molecule has 184 valence electrons. The van der Waals surface area contributed by atoms with Crippen molar-refractivity contribution in [3.63, 3.8) is 0 Å². The summed E-state index contributed by atoms with van der Waals surface area (Å²) in [7, 11) is 3.26. The van der Waals surface area contributed by atoms with Gasteiger partial charge in [-0.1, -0.05) is 61.3 Å². The summed E-state index contributed by atoms with van der Waals surface area (Å²) in [6.45, 7) is 3.88. The summed E-state index contributed by atoms with van der Waals surface area (Å²) in [4.78, 5) is 12.1. The Bertz CT molecular complexity index is 1130. The second-order valence-corrected chi connectivity index (χ2v) is 10.5. The highest BCUT2D eigenvalue weighted by molar-refractivity contribution is 6.30. The first-order chi connectivity index (χ1) is 16.7. The van der Waals surface area contributed by atoms with Gasteiger partial charge in [-0.25, -0.2) is 0 Å². The van der Waals surface area contributed by atoms with E-state index in [1.165, 1.54) is 0 Å².